The first kappa shape index (κ1) is 26.4. The molecule has 0 aliphatic rings. The zero-order valence-electron chi connectivity index (χ0n) is 18.6. The number of unbranched alkanes of at least 4 members (excludes halogenated alkanes) is 1. The molecule has 0 spiro atoms. The number of aromatic carboxylic acids is 1. The normalized spacial score (nSPS) is 12.6. The van der Waals surface area contributed by atoms with E-state index in [0.29, 0.717) is 35.4 Å². The van der Waals surface area contributed by atoms with E-state index in [1.165, 1.54) is 6.07 Å². The maximum Gasteiger partial charge on any atom is 0.337 e. The molecule has 2 atom stereocenters. The number of esters is 1. The molecule has 0 saturated heterocycles. The fourth-order valence-corrected chi connectivity index (χ4v) is 3.59. The fourth-order valence-electron chi connectivity index (χ4n) is 3.37. The summed E-state index contributed by atoms with van der Waals surface area (Å²) in [7, 11) is 0. The van der Waals surface area contributed by atoms with E-state index in [1.54, 1.807) is 42.5 Å². The fraction of sp³-hybridized carbons (Fsp3) is 0.400. The van der Waals surface area contributed by atoms with E-state index in [4.69, 9.17) is 16.3 Å². The Morgan fingerprint density at radius 2 is 1.70 bits per heavy atom. The lowest BCUT2D eigenvalue weighted by molar-refractivity contribution is -0.155. The van der Waals surface area contributed by atoms with E-state index in [1.807, 2.05) is 6.92 Å². The van der Waals surface area contributed by atoms with Crippen LogP contribution in [0.1, 0.15) is 54.1 Å². The van der Waals surface area contributed by atoms with E-state index in [2.05, 4.69) is 5.32 Å². The average Bonchev–Trinajstić information content (AvgIpc) is 2.79. The summed E-state index contributed by atoms with van der Waals surface area (Å²) < 4.78 is 5.12. The lowest BCUT2D eigenvalue weighted by Crippen LogP contribution is -2.49. The minimum Gasteiger partial charge on any atom is -0.478 e. The first-order chi connectivity index (χ1) is 15.8. The Morgan fingerprint density at radius 3 is 2.36 bits per heavy atom. The number of nitrogens with one attached hydrogen (secondary N) is 1. The van der Waals surface area contributed by atoms with Crippen LogP contribution in [-0.2, 0) is 27.2 Å². The maximum atomic E-state index is 12.6. The number of aryl methyl sites for hydroxylation is 1. The van der Waals surface area contributed by atoms with Crippen LogP contribution in [0.25, 0.3) is 0 Å². The number of carboxylic acid groups (broad SMARTS) is 1. The van der Waals surface area contributed by atoms with Crippen LogP contribution < -0.4 is 5.32 Å². The van der Waals surface area contributed by atoms with Gasteiger partial charge in [0.15, 0.2) is 6.10 Å². The minimum atomic E-state index is -1.55. The zero-order valence-corrected chi connectivity index (χ0v) is 19.4. The third-order valence-electron chi connectivity index (χ3n) is 5.21. The Bertz CT molecular complexity index is 948. The molecule has 178 valence electrons. The quantitative estimate of drug-likeness (QED) is 0.300. The van der Waals surface area contributed by atoms with Crippen LogP contribution in [-0.4, -0.2) is 46.8 Å². The highest BCUT2D eigenvalue weighted by molar-refractivity contribution is 6.31. The van der Waals surface area contributed by atoms with Crippen LogP contribution in [0.15, 0.2) is 48.5 Å². The number of rotatable bonds is 13. The van der Waals surface area contributed by atoms with Crippen molar-refractivity contribution in [2.24, 2.45) is 0 Å². The first-order valence-corrected chi connectivity index (χ1v) is 11.4. The lowest BCUT2D eigenvalue weighted by atomic mass is 9.99. The standard InChI is InChI=1S/C25H30ClNO6/c1-2-3-15-33-25(32)23(29)21(16-18-10-5-7-13-20(18)26)27-22(28)14-8-11-17-9-4-6-12-19(17)24(30)31/h4-7,9-10,12-13,21,23,29H,2-3,8,11,14-16H2,1H3,(H,27,28)(H,30,31). The van der Waals surface area contributed by atoms with Gasteiger partial charge in [-0.05, 0) is 48.9 Å². The number of aliphatic hydroxyl groups excluding tert-OH is 1. The van der Waals surface area contributed by atoms with Crippen molar-refractivity contribution in [3.63, 3.8) is 0 Å². The van der Waals surface area contributed by atoms with Gasteiger partial charge in [-0.3, -0.25) is 4.79 Å². The Balaban J connectivity index is 2.02. The van der Waals surface area contributed by atoms with E-state index in [0.717, 1.165) is 6.42 Å². The Labute approximate surface area is 198 Å². The van der Waals surface area contributed by atoms with Gasteiger partial charge in [-0.15, -0.1) is 0 Å². The number of carbonyl (C=O) groups excluding carboxylic acids is 2. The molecular formula is C25H30ClNO6. The summed E-state index contributed by atoms with van der Waals surface area (Å²) >= 11 is 6.22. The van der Waals surface area contributed by atoms with Gasteiger partial charge >= 0.3 is 11.9 Å². The third kappa shape index (κ3) is 8.51. The molecule has 3 N–H and O–H groups in total. The summed E-state index contributed by atoms with van der Waals surface area (Å²) in [6.45, 7) is 2.15. The van der Waals surface area contributed by atoms with Crippen LogP contribution in [0.4, 0.5) is 0 Å². The molecule has 0 aliphatic heterocycles. The van der Waals surface area contributed by atoms with Crippen LogP contribution in [0.3, 0.4) is 0 Å². The Kier molecular flexibility index (Phi) is 10.9. The second-order valence-electron chi connectivity index (χ2n) is 7.75. The van der Waals surface area contributed by atoms with Gasteiger partial charge < -0.3 is 20.3 Å². The zero-order chi connectivity index (χ0) is 24.2. The molecule has 1 amide bonds. The van der Waals surface area contributed by atoms with Crippen molar-refractivity contribution >= 4 is 29.4 Å². The highest BCUT2D eigenvalue weighted by Gasteiger charge is 2.29. The summed E-state index contributed by atoms with van der Waals surface area (Å²) in [5.74, 6) is -2.17. The average molecular weight is 476 g/mol. The van der Waals surface area contributed by atoms with Crippen LogP contribution >= 0.6 is 11.6 Å². The van der Waals surface area contributed by atoms with Gasteiger partial charge in [-0.2, -0.15) is 0 Å². The Hall–Kier alpha value is -2.90. The molecule has 33 heavy (non-hydrogen) atoms. The maximum absolute atomic E-state index is 12.6. The molecular weight excluding hydrogens is 446 g/mol. The second kappa shape index (κ2) is 13.6. The predicted octanol–water partition coefficient (Wildman–Crippen LogP) is 3.79. The number of hydrogen-bond acceptors (Lipinski definition) is 5. The van der Waals surface area contributed by atoms with E-state index in [9.17, 15) is 24.6 Å². The number of ether oxygens (including phenoxy) is 1. The van der Waals surface area contributed by atoms with Gasteiger partial charge in [0.25, 0.3) is 0 Å². The largest absolute Gasteiger partial charge is 0.478 e. The lowest BCUT2D eigenvalue weighted by Gasteiger charge is -2.23. The predicted molar refractivity (Wildman–Crippen MR) is 125 cm³/mol. The molecule has 0 saturated carbocycles. The molecule has 2 rings (SSSR count). The molecule has 0 heterocycles. The van der Waals surface area contributed by atoms with Gasteiger partial charge in [0.2, 0.25) is 5.91 Å². The molecule has 0 aliphatic carbocycles. The highest BCUT2D eigenvalue weighted by atomic mass is 35.5. The Morgan fingerprint density at radius 1 is 1.03 bits per heavy atom. The summed E-state index contributed by atoms with van der Waals surface area (Å²) in [5.41, 5.74) is 1.53. The van der Waals surface area contributed by atoms with Crippen molar-refractivity contribution in [2.45, 2.75) is 57.6 Å². The van der Waals surface area contributed by atoms with Crippen molar-refractivity contribution in [1.82, 2.24) is 5.32 Å². The van der Waals surface area contributed by atoms with Crippen molar-refractivity contribution in [1.29, 1.82) is 0 Å². The van der Waals surface area contributed by atoms with Gasteiger partial charge in [-0.25, -0.2) is 9.59 Å². The molecule has 2 aromatic carbocycles. The van der Waals surface area contributed by atoms with E-state index >= 15 is 0 Å². The number of amides is 1. The van der Waals surface area contributed by atoms with Gasteiger partial charge in [-0.1, -0.05) is 61.3 Å². The van der Waals surface area contributed by atoms with Crippen molar-refractivity contribution in [3.05, 3.63) is 70.2 Å². The molecule has 0 radical (unpaired) electrons. The number of hydrogen-bond donors (Lipinski definition) is 3. The van der Waals surface area contributed by atoms with Crippen molar-refractivity contribution in [2.75, 3.05) is 6.61 Å². The van der Waals surface area contributed by atoms with E-state index < -0.39 is 24.1 Å². The number of halogens is 1. The van der Waals surface area contributed by atoms with Crippen LogP contribution in [0, 0.1) is 0 Å². The molecule has 7 nitrogen and oxygen atoms in total. The summed E-state index contributed by atoms with van der Waals surface area (Å²) in [5, 5.41) is 23.1. The number of benzene rings is 2. The number of carboxylic acids is 1. The van der Waals surface area contributed by atoms with Gasteiger partial charge in [0.1, 0.15) is 0 Å². The monoisotopic (exact) mass is 475 g/mol. The molecule has 0 aromatic heterocycles. The van der Waals surface area contributed by atoms with Crippen LogP contribution in [0.2, 0.25) is 5.02 Å². The first-order valence-electron chi connectivity index (χ1n) is 11.0. The number of carbonyl (C=O) groups is 3. The van der Waals surface area contributed by atoms with E-state index in [-0.39, 0.29) is 30.9 Å². The highest BCUT2D eigenvalue weighted by Crippen LogP contribution is 2.19. The molecule has 0 bridgehead atoms. The molecule has 8 heteroatoms. The van der Waals surface area contributed by atoms with Crippen LogP contribution in [0.5, 0.6) is 0 Å². The summed E-state index contributed by atoms with van der Waals surface area (Å²) in [6.07, 6.45) is 1.04. The van der Waals surface area contributed by atoms with Gasteiger partial charge in [0.05, 0.1) is 18.2 Å². The van der Waals surface area contributed by atoms with Gasteiger partial charge in [0, 0.05) is 11.4 Å². The SMILES string of the molecule is CCCCOC(=O)C(O)C(Cc1ccccc1Cl)NC(=O)CCCc1ccccc1C(=O)O. The van der Waals surface area contributed by atoms with Crippen molar-refractivity contribution < 1.29 is 29.3 Å². The topological polar surface area (TPSA) is 113 Å². The second-order valence-corrected chi connectivity index (χ2v) is 8.16. The summed E-state index contributed by atoms with van der Waals surface area (Å²) in [6, 6.07) is 12.7. The molecule has 2 aromatic rings. The smallest absolute Gasteiger partial charge is 0.337 e. The number of aliphatic hydroxyl groups is 1. The summed E-state index contributed by atoms with van der Waals surface area (Å²) in [4.78, 5) is 36.2. The molecule has 0 fully saturated rings. The minimum absolute atomic E-state index is 0.102. The third-order valence-corrected chi connectivity index (χ3v) is 5.58. The van der Waals surface area contributed by atoms with Crippen molar-refractivity contribution in [3.8, 4) is 0 Å². The molecule has 2 unspecified atom stereocenters.